The standard InChI is InChI=1S/C12H17ClN4O2/c1-4-17(5-2)10(19)6-16(3)12-9(7-18)11(13)14-8-15-12/h7-8H,4-6H2,1-3H3. The van der Waals surface area contributed by atoms with Crippen LogP contribution in [0, 0.1) is 0 Å². The average Bonchev–Trinajstić information content (AvgIpc) is 2.39. The van der Waals surface area contributed by atoms with Crippen LogP contribution in [-0.4, -0.2) is 53.7 Å². The van der Waals surface area contributed by atoms with Crippen molar-refractivity contribution in [3.05, 3.63) is 17.0 Å². The molecular weight excluding hydrogens is 268 g/mol. The zero-order valence-corrected chi connectivity index (χ0v) is 12.0. The van der Waals surface area contributed by atoms with Crippen LogP contribution < -0.4 is 4.90 Å². The Balaban J connectivity index is 2.90. The molecule has 1 aromatic heterocycles. The predicted molar refractivity (Wildman–Crippen MR) is 73.6 cm³/mol. The Bertz CT molecular complexity index is 463. The summed E-state index contributed by atoms with van der Waals surface area (Å²) in [7, 11) is 1.69. The van der Waals surface area contributed by atoms with Crippen LogP contribution in [0.2, 0.25) is 5.15 Å². The number of hydrogen-bond acceptors (Lipinski definition) is 5. The summed E-state index contributed by atoms with van der Waals surface area (Å²) in [4.78, 5) is 34.0. The summed E-state index contributed by atoms with van der Waals surface area (Å²) in [6.07, 6.45) is 1.86. The molecule has 1 rings (SSSR count). The number of carbonyl (C=O) groups excluding carboxylic acids is 2. The molecule has 0 aliphatic heterocycles. The van der Waals surface area contributed by atoms with Crippen molar-refractivity contribution in [2.24, 2.45) is 0 Å². The van der Waals surface area contributed by atoms with Crippen LogP contribution in [0.25, 0.3) is 0 Å². The van der Waals surface area contributed by atoms with Crippen LogP contribution in [0.1, 0.15) is 24.2 Å². The number of anilines is 1. The quantitative estimate of drug-likeness (QED) is 0.581. The molecule has 1 amide bonds. The topological polar surface area (TPSA) is 66.4 Å². The molecule has 0 aliphatic rings. The lowest BCUT2D eigenvalue weighted by molar-refractivity contribution is -0.129. The second-order valence-corrected chi connectivity index (χ2v) is 4.30. The van der Waals surface area contributed by atoms with E-state index in [4.69, 9.17) is 11.6 Å². The first-order chi connectivity index (χ1) is 9.04. The zero-order chi connectivity index (χ0) is 14.4. The van der Waals surface area contributed by atoms with Gasteiger partial charge in [-0.3, -0.25) is 9.59 Å². The van der Waals surface area contributed by atoms with Gasteiger partial charge >= 0.3 is 0 Å². The van der Waals surface area contributed by atoms with E-state index < -0.39 is 0 Å². The van der Waals surface area contributed by atoms with Crippen molar-refractivity contribution in [3.63, 3.8) is 0 Å². The van der Waals surface area contributed by atoms with E-state index in [-0.39, 0.29) is 23.2 Å². The van der Waals surface area contributed by atoms with Crippen molar-refractivity contribution in [1.29, 1.82) is 0 Å². The minimum absolute atomic E-state index is 0.0286. The van der Waals surface area contributed by atoms with Gasteiger partial charge in [-0.15, -0.1) is 0 Å². The second-order valence-electron chi connectivity index (χ2n) is 3.94. The van der Waals surface area contributed by atoms with Crippen molar-refractivity contribution in [2.45, 2.75) is 13.8 Å². The van der Waals surface area contributed by atoms with Gasteiger partial charge in [-0.1, -0.05) is 11.6 Å². The number of nitrogens with zero attached hydrogens (tertiary/aromatic N) is 4. The molecule has 0 N–H and O–H groups in total. The van der Waals surface area contributed by atoms with E-state index in [1.54, 1.807) is 16.8 Å². The molecule has 0 atom stereocenters. The maximum atomic E-state index is 12.0. The van der Waals surface area contributed by atoms with Crippen molar-refractivity contribution in [3.8, 4) is 0 Å². The number of likely N-dealkylation sites (N-methyl/N-ethyl adjacent to an activating group) is 2. The van der Waals surface area contributed by atoms with Crippen molar-refractivity contribution in [1.82, 2.24) is 14.9 Å². The molecule has 6 nitrogen and oxygen atoms in total. The summed E-state index contributed by atoms with van der Waals surface area (Å²) in [6.45, 7) is 5.26. The molecule has 1 heterocycles. The van der Waals surface area contributed by atoms with Gasteiger partial charge in [-0.25, -0.2) is 9.97 Å². The van der Waals surface area contributed by atoms with Gasteiger partial charge in [0.1, 0.15) is 17.3 Å². The Labute approximate surface area is 117 Å². The van der Waals surface area contributed by atoms with Gasteiger partial charge in [0.05, 0.1) is 12.1 Å². The highest BCUT2D eigenvalue weighted by Crippen LogP contribution is 2.20. The highest BCUT2D eigenvalue weighted by atomic mass is 35.5. The third-order valence-electron chi connectivity index (χ3n) is 2.78. The number of rotatable bonds is 6. The van der Waals surface area contributed by atoms with Gasteiger partial charge in [0.25, 0.3) is 0 Å². The fourth-order valence-electron chi connectivity index (χ4n) is 1.73. The monoisotopic (exact) mass is 284 g/mol. The fourth-order valence-corrected chi connectivity index (χ4v) is 1.90. The molecule has 0 fully saturated rings. The largest absolute Gasteiger partial charge is 0.350 e. The van der Waals surface area contributed by atoms with Crippen LogP contribution in [-0.2, 0) is 4.79 Å². The normalized spacial score (nSPS) is 10.1. The Morgan fingerprint density at radius 3 is 2.53 bits per heavy atom. The highest BCUT2D eigenvalue weighted by Gasteiger charge is 2.17. The van der Waals surface area contributed by atoms with Crippen LogP contribution in [0.15, 0.2) is 6.33 Å². The van der Waals surface area contributed by atoms with Crippen LogP contribution in [0.5, 0.6) is 0 Å². The fraction of sp³-hybridized carbons (Fsp3) is 0.500. The summed E-state index contributed by atoms with van der Waals surface area (Å²) in [5.74, 6) is 0.328. The van der Waals surface area contributed by atoms with Gasteiger partial charge in [0.2, 0.25) is 5.91 Å². The van der Waals surface area contributed by atoms with Crippen molar-refractivity contribution >= 4 is 29.6 Å². The van der Waals surface area contributed by atoms with Crippen LogP contribution in [0.4, 0.5) is 5.82 Å². The molecule has 0 aliphatic carbocycles. The van der Waals surface area contributed by atoms with Crippen LogP contribution >= 0.6 is 11.6 Å². The third kappa shape index (κ3) is 3.64. The van der Waals surface area contributed by atoms with Gasteiger partial charge < -0.3 is 9.80 Å². The molecular formula is C12H17ClN4O2. The van der Waals surface area contributed by atoms with Gasteiger partial charge in [0.15, 0.2) is 6.29 Å². The van der Waals surface area contributed by atoms with E-state index in [1.807, 2.05) is 13.8 Å². The van der Waals surface area contributed by atoms with Gasteiger partial charge in [-0.05, 0) is 13.8 Å². The summed E-state index contributed by atoms with van der Waals surface area (Å²) in [5.41, 5.74) is 0.194. The number of aromatic nitrogens is 2. The molecule has 0 unspecified atom stereocenters. The Kier molecular flexibility index (Phi) is 5.69. The summed E-state index contributed by atoms with van der Waals surface area (Å²) < 4.78 is 0. The first-order valence-corrected chi connectivity index (χ1v) is 6.37. The van der Waals surface area contributed by atoms with Crippen molar-refractivity contribution < 1.29 is 9.59 Å². The molecule has 7 heteroatoms. The smallest absolute Gasteiger partial charge is 0.242 e. The number of amides is 1. The molecule has 0 aromatic carbocycles. The number of carbonyl (C=O) groups is 2. The molecule has 19 heavy (non-hydrogen) atoms. The third-order valence-corrected chi connectivity index (χ3v) is 3.08. The molecule has 0 bridgehead atoms. The molecule has 0 saturated heterocycles. The van der Waals surface area contributed by atoms with Crippen molar-refractivity contribution in [2.75, 3.05) is 31.6 Å². The summed E-state index contributed by atoms with van der Waals surface area (Å²) >= 11 is 5.82. The lowest BCUT2D eigenvalue weighted by Crippen LogP contribution is -2.39. The average molecular weight is 285 g/mol. The van der Waals surface area contributed by atoms with Crippen LogP contribution in [0.3, 0.4) is 0 Å². The van der Waals surface area contributed by atoms with Gasteiger partial charge in [0, 0.05) is 20.1 Å². The second kappa shape index (κ2) is 7.04. The molecule has 0 saturated carbocycles. The summed E-state index contributed by atoms with van der Waals surface area (Å²) in [5, 5.41) is 0.0853. The Hall–Kier alpha value is -1.69. The SMILES string of the molecule is CCN(CC)C(=O)CN(C)c1ncnc(Cl)c1C=O. The number of halogens is 1. The molecule has 104 valence electrons. The predicted octanol–water partition coefficient (Wildman–Crippen LogP) is 1.25. The van der Waals surface area contributed by atoms with E-state index in [1.165, 1.54) is 6.33 Å². The lowest BCUT2D eigenvalue weighted by atomic mass is 10.3. The number of aldehydes is 1. The molecule has 1 aromatic rings. The first-order valence-electron chi connectivity index (χ1n) is 5.99. The molecule has 0 radical (unpaired) electrons. The minimum atomic E-state index is -0.0286. The van der Waals surface area contributed by atoms with E-state index in [9.17, 15) is 9.59 Å². The highest BCUT2D eigenvalue weighted by molar-refractivity contribution is 6.32. The Morgan fingerprint density at radius 2 is 2.00 bits per heavy atom. The molecule has 0 spiro atoms. The van der Waals surface area contributed by atoms with E-state index >= 15 is 0 Å². The maximum absolute atomic E-state index is 12.0. The van der Waals surface area contributed by atoms with E-state index in [0.29, 0.717) is 25.2 Å². The Morgan fingerprint density at radius 1 is 1.37 bits per heavy atom. The minimum Gasteiger partial charge on any atom is -0.350 e. The zero-order valence-electron chi connectivity index (χ0n) is 11.3. The lowest BCUT2D eigenvalue weighted by Gasteiger charge is -2.24. The maximum Gasteiger partial charge on any atom is 0.242 e. The first kappa shape index (κ1) is 15.4. The van der Waals surface area contributed by atoms with E-state index in [0.717, 1.165) is 0 Å². The van der Waals surface area contributed by atoms with Gasteiger partial charge in [-0.2, -0.15) is 0 Å². The van der Waals surface area contributed by atoms with E-state index in [2.05, 4.69) is 9.97 Å². The number of hydrogen-bond donors (Lipinski definition) is 0. The summed E-state index contributed by atoms with van der Waals surface area (Å²) in [6, 6.07) is 0.